The summed E-state index contributed by atoms with van der Waals surface area (Å²) in [6.07, 6.45) is 6.75. The monoisotopic (exact) mass is 501 g/mol. The highest BCUT2D eigenvalue weighted by Gasteiger charge is 2.23. The maximum atomic E-state index is 6.45. The molecule has 0 radical (unpaired) electrons. The number of rotatable bonds is 13. The van der Waals surface area contributed by atoms with Crippen molar-refractivity contribution < 1.29 is 18.9 Å². The van der Waals surface area contributed by atoms with Gasteiger partial charge >= 0.3 is 0 Å². The normalized spacial score (nSPS) is 16.7. The second kappa shape index (κ2) is 14.6. The molecule has 5 nitrogen and oxygen atoms in total. The van der Waals surface area contributed by atoms with Crippen LogP contribution in [0.5, 0.6) is 11.5 Å². The van der Waals surface area contributed by atoms with Gasteiger partial charge < -0.3 is 24.3 Å². The molecule has 2 unspecified atom stereocenters. The van der Waals surface area contributed by atoms with Crippen LogP contribution in [0.3, 0.4) is 0 Å². The first-order valence-electron chi connectivity index (χ1n) is 13.4. The lowest BCUT2D eigenvalue weighted by atomic mass is 9.98. The summed E-state index contributed by atoms with van der Waals surface area (Å²) >= 11 is 0. The number of hydrogen-bond donors (Lipinski definition) is 1. The van der Waals surface area contributed by atoms with Crippen molar-refractivity contribution in [3.8, 4) is 11.5 Å². The Morgan fingerprint density at radius 2 is 1.65 bits per heavy atom. The number of benzene rings is 3. The van der Waals surface area contributed by atoms with E-state index in [0.29, 0.717) is 19.8 Å². The fourth-order valence-electron chi connectivity index (χ4n) is 4.54. The van der Waals surface area contributed by atoms with Crippen LogP contribution in [0.15, 0.2) is 84.9 Å². The number of ether oxygens (including phenoxy) is 4. The van der Waals surface area contributed by atoms with Crippen LogP contribution in [0.4, 0.5) is 0 Å². The molecule has 1 aliphatic rings. The van der Waals surface area contributed by atoms with Gasteiger partial charge in [0.2, 0.25) is 0 Å². The van der Waals surface area contributed by atoms with Crippen LogP contribution in [-0.2, 0) is 9.47 Å². The van der Waals surface area contributed by atoms with Crippen molar-refractivity contribution in [1.82, 2.24) is 5.32 Å². The van der Waals surface area contributed by atoms with E-state index in [9.17, 15) is 0 Å². The second-order valence-electron chi connectivity index (χ2n) is 9.17. The summed E-state index contributed by atoms with van der Waals surface area (Å²) in [6.45, 7) is 6.28. The number of hydrogen-bond acceptors (Lipinski definition) is 5. The van der Waals surface area contributed by atoms with Gasteiger partial charge in [-0.05, 0) is 61.9 Å². The van der Waals surface area contributed by atoms with E-state index >= 15 is 0 Å². The summed E-state index contributed by atoms with van der Waals surface area (Å²) in [5, 5.41) is 3.75. The van der Waals surface area contributed by atoms with Gasteiger partial charge in [-0.1, -0.05) is 78.9 Å². The molecule has 0 amide bonds. The molecule has 196 valence electrons. The maximum Gasteiger partial charge on any atom is 0.161 e. The van der Waals surface area contributed by atoms with E-state index in [-0.39, 0.29) is 18.4 Å². The van der Waals surface area contributed by atoms with Gasteiger partial charge in [0.25, 0.3) is 0 Å². The molecule has 0 aromatic heterocycles. The lowest BCUT2D eigenvalue weighted by Crippen LogP contribution is -2.40. The van der Waals surface area contributed by atoms with Crippen molar-refractivity contribution in [1.29, 1.82) is 0 Å². The predicted molar refractivity (Wildman–Crippen MR) is 149 cm³/mol. The highest BCUT2D eigenvalue weighted by Crippen LogP contribution is 2.30. The Labute approximate surface area is 221 Å². The number of nitrogens with one attached hydrogen (secondary N) is 1. The summed E-state index contributed by atoms with van der Waals surface area (Å²) in [4.78, 5) is 0. The first-order chi connectivity index (χ1) is 18.3. The van der Waals surface area contributed by atoms with Crippen molar-refractivity contribution in [3.63, 3.8) is 0 Å². The minimum atomic E-state index is -0.211. The third-order valence-corrected chi connectivity index (χ3v) is 6.35. The molecule has 3 aromatic rings. The highest BCUT2D eigenvalue weighted by molar-refractivity contribution is 5.55. The summed E-state index contributed by atoms with van der Waals surface area (Å²) < 4.78 is 24.5. The van der Waals surface area contributed by atoms with Crippen molar-refractivity contribution in [2.75, 3.05) is 26.4 Å². The van der Waals surface area contributed by atoms with Crippen LogP contribution in [0, 0.1) is 0 Å². The Bertz CT molecular complexity index is 1040. The van der Waals surface area contributed by atoms with Crippen LogP contribution in [0.2, 0.25) is 0 Å². The Morgan fingerprint density at radius 3 is 2.27 bits per heavy atom. The van der Waals surface area contributed by atoms with E-state index in [2.05, 4.69) is 59.9 Å². The van der Waals surface area contributed by atoms with E-state index in [1.165, 1.54) is 11.1 Å². The molecular formula is C32H39NO4. The van der Waals surface area contributed by atoms with Gasteiger partial charge in [-0.25, -0.2) is 0 Å². The SMILES string of the molecule is C/C=C/c1ccc(OCC)c(OCC(CNC(c2ccccc2)c2ccccc2)OC2CCCCO2)c1. The zero-order valence-electron chi connectivity index (χ0n) is 22.0. The molecule has 4 rings (SSSR count). The molecule has 1 heterocycles. The fraction of sp³-hybridized carbons (Fsp3) is 0.375. The van der Waals surface area contributed by atoms with E-state index in [1.54, 1.807) is 0 Å². The molecule has 37 heavy (non-hydrogen) atoms. The van der Waals surface area contributed by atoms with Crippen molar-refractivity contribution in [2.24, 2.45) is 0 Å². The molecule has 1 N–H and O–H groups in total. The zero-order valence-corrected chi connectivity index (χ0v) is 22.0. The first-order valence-corrected chi connectivity index (χ1v) is 13.4. The molecule has 3 aromatic carbocycles. The molecule has 0 bridgehead atoms. The van der Waals surface area contributed by atoms with Gasteiger partial charge in [-0.3, -0.25) is 0 Å². The van der Waals surface area contributed by atoms with Crippen LogP contribution in [-0.4, -0.2) is 38.8 Å². The summed E-state index contributed by atoms with van der Waals surface area (Å²) in [7, 11) is 0. The standard InChI is InChI=1S/C32H39NO4/c1-3-13-25-19-20-29(34-4-2)30(22-25)36-24-28(37-31-18-11-12-21-35-31)23-33-32(26-14-7-5-8-15-26)27-16-9-6-10-17-27/h3,5-10,13-17,19-20,22,28,31-33H,4,11-12,18,21,23-24H2,1-2H3/b13-3+. The van der Waals surface area contributed by atoms with Crippen LogP contribution < -0.4 is 14.8 Å². The molecular weight excluding hydrogens is 462 g/mol. The second-order valence-corrected chi connectivity index (χ2v) is 9.17. The Morgan fingerprint density at radius 1 is 0.919 bits per heavy atom. The Kier molecular flexibility index (Phi) is 10.6. The molecule has 0 spiro atoms. The summed E-state index contributed by atoms with van der Waals surface area (Å²) in [5.41, 5.74) is 3.49. The molecule has 1 saturated heterocycles. The summed E-state index contributed by atoms with van der Waals surface area (Å²) in [5.74, 6) is 1.46. The van der Waals surface area contributed by atoms with E-state index < -0.39 is 0 Å². The smallest absolute Gasteiger partial charge is 0.161 e. The molecule has 0 aliphatic carbocycles. The Balaban J connectivity index is 1.51. The molecule has 1 aliphatic heterocycles. The highest BCUT2D eigenvalue weighted by atomic mass is 16.7. The minimum Gasteiger partial charge on any atom is -0.490 e. The maximum absolute atomic E-state index is 6.45. The van der Waals surface area contributed by atoms with Gasteiger partial charge in [0.1, 0.15) is 12.7 Å². The van der Waals surface area contributed by atoms with Gasteiger partial charge in [0.15, 0.2) is 17.8 Å². The van der Waals surface area contributed by atoms with E-state index in [1.807, 2.05) is 50.3 Å². The van der Waals surface area contributed by atoms with Crippen molar-refractivity contribution in [2.45, 2.75) is 51.5 Å². The van der Waals surface area contributed by atoms with Gasteiger partial charge in [-0.15, -0.1) is 0 Å². The number of allylic oxidation sites excluding steroid dienone is 1. The van der Waals surface area contributed by atoms with Crippen LogP contribution in [0.25, 0.3) is 6.08 Å². The topological polar surface area (TPSA) is 49.0 Å². The summed E-state index contributed by atoms with van der Waals surface area (Å²) in [6, 6.07) is 27.1. The van der Waals surface area contributed by atoms with Crippen LogP contribution in [0.1, 0.15) is 55.8 Å². The third kappa shape index (κ3) is 8.19. The van der Waals surface area contributed by atoms with E-state index in [4.69, 9.17) is 18.9 Å². The van der Waals surface area contributed by atoms with Gasteiger partial charge in [0, 0.05) is 13.2 Å². The molecule has 0 saturated carbocycles. The van der Waals surface area contributed by atoms with Crippen molar-refractivity contribution in [3.05, 3.63) is 102 Å². The lowest BCUT2D eigenvalue weighted by Gasteiger charge is -2.29. The van der Waals surface area contributed by atoms with Crippen molar-refractivity contribution >= 4 is 6.08 Å². The Hall–Kier alpha value is -3.12. The third-order valence-electron chi connectivity index (χ3n) is 6.35. The first kappa shape index (κ1) is 26.9. The lowest BCUT2D eigenvalue weighted by molar-refractivity contribution is -0.192. The minimum absolute atomic E-state index is 0.0396. The molecule has 1 fully saturated rings. The average molecular weight is 502 g/mol. The largest absolute Gasteiger partial charge is 0.490 e. The van der Waals surface area contributed by atoms with Crippen LogP contribution >= 0.6 is 0 Å². The van der Waals surface area contributed by atoms with E-state index in [0.717, 1.165) is 42.9 Å². The predicted octanol–water partition coefficient (Wildman–Crippen LogP) is 6.79. The average Bonchev–Trinajstić information content (AvgIpc) is 2.95. The van der Waals surface area contributed by atoms with Gasteiger partial charge in [0.05, 0.1) is 12.6 Å². The quantitative estimate of drug-likeness (QED) is 0.279. The fourth-order valence-corrected chi connectivity index (χ4v) is 4.54. The molecule has 2 atom stereocenters. The zero-order chi connectivity index (χ0) is 25.7. The van der Waals surface area contributed by atoms with Gasteiger partial charge in [-0.2, -0.15) is 0 Å². The molecule has 5 heteroatoms.